The van der Waals surface area contributed by atoms with Crippen molar-refractivity contribution in [1.29, 1.82) is 0 Å². The summed E-state index contributed by atoms with van der Waals surface area (Å²) in [5, 5.41) is 20.6. The molecule has 10 unspecified atom stereocenters. The zero-order valence-electron chi connectivity index (χ0n) is 11.3. The molecule has 3 nitrogen and oxygen atoms in total. The molecule has 0 amide bonds. The predicted molar refractivity (Wildman–Crippen MR) is 69.3 cm³/mol. The molecule has 10 atom stereocenters. The van der Waals surface area contributed by atoms with Crippen LogP contribution in [0.3, 0.4) is 0 Å². The third-order valence-electron chi connectivity index (χ3n) is 7.19. The Bertz CT molecular complexity index is 397. The van der Waals surface area contributed by atoms with E-state index in [0.29, 0.717) is 17.9 Å². The van der Waals surface area contributed by atoms with Crippen LogP contribution in [0.4, 0.5) is 0 Å². The number of fused-ring (bicyclic) bond motifs is 3. The maximum absolute atomic E-state index is 10.5. The monoisotopic (exact) mass is 264 g/mol. The molecule has 0 aromatic heterocycles. The van der Waals surface area contributed by atoms with Crippen molar-refractivity contribution in [2.45, 2.75) is 62.9 Å². The fourth-order valence-corrected chi connectivity index (χ4v) is 6.59. The number of epoxide rings is 1. The molecule has 5 fully saturated rings. The quantitative estimate of drug-likeness (QED) is 0.653. The summed E-state index contributed by atoms with van der Waals surface area (Å²) in [5.74, 6) is 3.98. The van der Waals surface area contributed by atoms with Crippen LogP contribution in [0, 0.1) is 35.5 Å². The van der Waals surface area contributed by atoms with E-state index in [9.17, 15) is 10.2 Å². The molecule has 0 aromatic rings. The summed E-state index contributed by atoms with van der Waals surface area (Å²) in [5.41, 5.74) is 0. The van der Waals surface area contributed by atoms with Crippen molar-refractivity contribution in [2.24, 2.45) is 35.5 Å². The number of hydrogen-bond acceptors (Lipinski definition) is 3. The first kappa shape index (κ1) is 11.5. The van der Waals surface area contributed by atoms with Crippen LogP contribution in [-0.2, 0) is 4.74 Å². The van der Waals surface area contributed by atoms with Crippen LogP contribution in [0.15, 0.2) is 0 Å². The minimum absolute atomic E-state index is 0.237. The molecule has 0 bridgehead atoms. The Labute approximate surface area is 114 Å². The van der Waals surface area contributed by atoms with E-state index < -0.39 is 12.2 Å². The van der Waals surface area contributed by atoms with Gasteiger partial charge in [0.25, 0.3) is 0 Å². The highest BCUT2D eigenvalue weighted by Crippen LogP contribution is 2.64. The first-order chi connectivity index (χ1) is 9.25. The van der Waals surface area contributed by atoms with E-state index >= 15 is 0 Å². The average Bonchev–Trinajstić information content (AvgIpc) is 3.20. The second-order valence-corrected chi connectivity index (χ2v) is 7.78. The largest absolute Gasteiger partial charge is 0.390 e. The van der Waals surface area contributed by atoms with Gasteiger partial charge in [-0.2, -0.15) is 0 Å². The Balaban J connectivity index is 1.57. The van der Waals surface area contributed by atoms with E-state index in [2.05, 4.69) is 0 Å². The highest BCUT2D eigenvalue weighted by molar-refractivity contribution is 5.15. The molecular formula is C16H24O3. The van der Waals surface area contributed by atoms with Crippen LogP contribution >= 0.6 is 0 Å². The number of aliphatic hydroxyl groups is 2. The summed E-state index contributed by atoms with van der Waals surface area (Å²) in [6.07, 6.45) is 7.24. The first-order valence-electron chi connectivity index (χ1n) is 8.27. The number of rotatable bonds is 0. The summed E-state index contributed by atoms with van der Waals surface area (Å²) in [6.45, 7) is 0. The fourth-order valence-electron chi connectivity index (χ4n) is 6.59. The van der Waals surface area contributed by atoms with E-state index in [1.54, 1.807) is 0 Å². The van der Waals surface area contributed by atoms with Gasteiger partial charge >= 0.3 is 0 Å². The average molecular weight is 264 g/mol. The summed E-state index contributed by atoms with van der Waals surface area (Å²) < 4.78 is 5.99. The highest BCUT2D eigenvalue weighted by atomic mass is 16.6. The third-order valence-corrected chi connectivity index (χ3v) is 7.19. The Morgan fingerprint density at radius 1 is 0.789 bits per heavy atom. The summed E-state index contributed by atoms with van der Waals surface area (Å²) in [7, 11) is 0. The normalized spacial score (nSPS) is 66.0. The summed E-state index contributed by atoms with van der Waals surface area (Å²) in [4.78, 5) is 0. The zero-order chi connectivity index (χ0) is 12.7. The molecule has 0 radical (unpaired) electrons. The number of ether oxygens (including phenoxy) is 1. The van der Waals surface area contributed by atoms with Gasteiger partial charge in [-0.05, 0) is 55.3 Å². The van der Waals surface area contributed by atoms with Gasteiger partial charge in [0, 0.05) is 5.92 Å². The van der Waals surface area contributed by atoms with Gasteiger partial charge in [-0.25, -0.2) is 0 Å². The van der Waals surface area contributed by atoms with Crippen molar-refractivity contribution in [3.63, 3.8) is 0 Å². The molecule has 1 aliphatic heterocycles. The molecule has 1 heterocycles. The van der Waals surface area contributed by atoms with Gasteiger partial charge in [-0.1, -0.05) is 12.8 Å². The van der Waals surface area contributed by atoms with Gasteiger partial charge in [0.15, 0.2) is 0 Å². The molecule has 4 aliphatic carbocycles. The first-order valence-corrected chi connectivity index (χ1v) is 8.27. The second kappa shape index (κ2) is 3.75. The highest BCUT2D eigenvalue weighted by Gasteiger charge is 2.67. The van der Waals surface area contributed by atoms with E-state index in [4.69, 9.17) is 4.74 Å². The van der Waals surface area contributed by atoms with Crippen molar-refractivity contribution >= 4 is 0 Å². The van der Waals surface area contributed by atoms with Gasteiger partial charge in [0.1, 0.15) is 0 Å². The third kappa shape index (κ3) is 1.39. The van der Waals surface area contributed by atoms with Gasteiger partial charge in [-0.3, -0.25) is 0 Å². The summed E-state index contributed by atoms with van der Waals surface area (Å²) in [6, 6.07) is 0. The zero-order valence-corrected chi connectivity index (χ0v) is 11.3. The van der Waals surface area contributed by atoms with Crippen LogP contribution in [0.2, 0.25) is 0 Å². The van der Waals surface area contributed by atoms with E-state index in [1.807, 2.05) is 0 Å². The number of hydrogen-bond donors (Lipinski definition) is 2. The molecule has 106 valence electrons. The lowest BCUT2D eigenvalue weighted by Gasteiger charge is -2.57. The number of aliphatic hydroxyl groups excluding tert-OH is 2. The van der Waals surface area contributed by atoms with Crippen LogP contribution < -0.4 is 0 Å². The molecule has 5 aliphatic rings. The van der Waals surface area contributed by atoms with Crippen molar-refractivity contribution in [1.82, 2.24) is 0 Å². The van der Waals surface area contributed by atoms with Crippen molar-refractivity contribution in [3.8, 4) is 0 Å². The lowest BCUT2D eigenvalue weighted by Crippen LogP contribution is -2.59. The molecule has 0 aromatic carbocycles. The van der Waals surface area contributed by atoms with Gasteiger partial charge < -0.3 is 14.9 Å². The van der Waals surface area contributed by atoms with Crippen LogP contribution in [0.1, 0.15) is 38.5 Å². The maximum atomic E-state index is 10.5. The maximum Gasteiger partial charge on any atom is 0.0901 e. The lowest BCUT2D eigenvalue weighted by atomic mass is 9.47. The van der Waals surface area contributed by atoms with E-state index in [0.717, 1.165) is 24.2 Å². The van der Waals surface area contributed by atoms with Crippen molar-refractivity contribution in [2.75, 3.05) is 0 Å². The minimum Gasteiger partial charge on any atom is -0.390 e. The Morgan fingerprint density at radius 2 is 1.63 bits per heavy atom. The molecule has 4 saturated carbocycles. The van der Waals surface area contributed by atoms with Gasteiger partial charge in [0.05, 0.1) is 24.4 Å². The predicted octanol–water partition coefficient (Wildman–Crippen LogP) is 1.57. The molecule has 3 heteroatoms. The lowest BCUT2D eigenvalue weighted by molar-refractivity contribution is -0.152. The summed E-state index contributed by atoms with van der Waals surface area (Å²) >= 11 is 0. The molecule has 5 rings (SSSR count). The molecular weight excluding hydrogens is 240 g/mol. The van der Waals surface area contributed by atoms with Gasteiger partial charge in [0.2, 0.25) is 0 Å². The fraction of sp³-hybridized carbons (Fsp3) is 1.00. The van der Waals surface area contributed by atoms with Crippen molar-refractivity contribution < 1.29 is 14.9 Å². The Kier molecular flexibility index (Phi) is 2.27. The second-order valence-electron chi connectivity index (χ2n) is 7.78. The molecule has 2 N–H and O–H groups in total. The Hall–Kier alpha value is -0.120. The Morgan fingerprint density at radius 3 is 2.53 bits per heavy atom. The molecule has 0 spiro atoms. The van der Waals surface area contributed by atoms with Crippen LogP contribution in [0.25, 0.3) is 0 Å². The van der Waals surface area contributed by atoms with Crippen molar-refractivity contribution in [3.05, 3.63) is 0 Å². The van der Waals surface area contributed by atoms with E-state index in [1.165, 1.54) is 32.1 Å². The molecule has 1 saturated heterocycles. The smallest absolute Gasteiger partial charge is 0.0901 e. The van der Waals surface area contributed by atoms with E-state index in [-0.39, 0.29) is 12.0 Å². The minimum atomic E-state index is -0.530. The van der Waals surface area contributed by atoms with Crippen LogP contribution in [-0.4, -0.2) is 34.6 Å². The van der Waals surface area contributed by atoms with Gasteiger partial charge in [-0.15, -0.1) is 0 Å². The SMILES string of the molecule is OC1CC2CCC3CCCC4C5OC5C(C1O)C2C34. The molecule has 19 heavy (non-hydrogen) atoms. The standard InChI is InChI=1S/C16H24O3/c17-10-6-8-5-4-7-2-1-3-9-11(7)12(8)13(14(10)18)16-15(9)19-16/h7-18H,1-6H2. The topological polar surface area (TPSA) is 53.0 Å². The van der Waals surface area contributed by atoms with Crippen LogP contribution in [0.5, 0.6) is 0 Å².